The monoisotopic (exact) mass is 373 g/mol. The van der Waals surface area contributed by atoms with Gasteiger partial charge in [0.1, 0.15) is 10.7 Å². The molecule has 0 aliphatic rings. The Morgan fingerprint density at radius 2 is 1.70 bits per heavy atom. The Morgan fingerprint density at radius 1 is 1.05 bits per heavy atom. The highest BCUT2D eigenvalue weighted by Crippen LogP contribution is 2.35. The van der Waals surface area contributed by atoms with Gasteiger partial charge in [0.25, 0.3) is 9.05 Å². The number of aromatic nitrogens is 1. The number of pyridine rings is 1. The molecule has 0 aliphatic carbocycles. The summed E-state index contributed by atoms with van der Waals surface area (Å²) in [6.45, 7) is 0. The summed E-state index contributed by atoms with van der Waals surface area (Å²) in [5, 5.41) is 0.00119. The summed E-state index contributed by atoms with van der Waals surface area (Å²) < 4.78 is 36.7. The van der Waals surface area contributed by atoms with Crippen molar-refractivity contribution >= 4 is 54.5 Å². The Morgan fingerprint density at radius 3 is 2.25 bits per heavy atom. The van der Waals surface area contributed by atoms with Crippen molar-refractivity contribution in [1.82, 2.24) is 4.98 Å². The van der Waals surface area contributed by atoms with Gasteiger partial charge in [-0.05, 0) is 18.2 Å². The van der Waals surface area contributed by atoms with Crippen LogP contribution in [0.25, 0.3) is 11.3 Å². The summed E-state index contributed by atoms with van der Waals surface area (Å²) in [4.78, 5) is 3.45. The Hall–Kier alpha value is -0.590. The molecule has 2 rings (SSSR count). The van der Waals surface area contributed by atoms with Gasteiger partial charge in [-0.25, -0.2) is 12.8 Å². The van der Waals surface area contributed by atoms with E-state index in [2.05, 4.69) is 4.98 Å². The molecule has 1 heterocycles. The molecule has 1 aromatic heterocycles. The molecule has 0 N–H and O–H groups in total. The fourth-order valence-electron chi connectivity index (χ4n) is 1.51. The molecule has 0 atom stereocenters. The van der Waals surface area contributed by atoms with Gasteiger partial charge in [0, 0.05) is 22.4 Å². The standard InChI is InChI=1S/C11H4Cl4FNO2S/c12-5-1-8(14)11(17-4-5)6-2-10(20(15,18)19)7(13)3-9(6)16/h1-4H. The Kier molecular flexibility index (Phi) is 4.47. The van der Waals surface area contributed by atoms with Crippen LogP contribution in [0.2, 0.25) is 15.1 Å². The molecule has 0 bridgehead atoms. The maximum Gasteiger partial charge on any atom is 0.262 e. The summed E-state index contributed by atoms with van der Waals surface area (Å²) in [5.41, 5.74) is -0.109. The fourth-order valence-corrected chi connectivity index (χ4v) is 3.50. The van der Waals surface area contributed by atoms with Crippen LogP contribution in [-0.4, -0.2) is 13.4 Å². The molecule has 0 unspecified atom stereocenters. The molecule has 0 aliphatic heterocycles. The lowest BCUT2D eigenvalue weighted by Crippen LogP contribution is -1.97. The van der Waals surface area contributed by atoms with E-state index in [1.54, 1.807) is 0 Å². The SMILES string of the molecule is O=S(=O)(Cl)c1cc(-c2ncc(Cl)cc2Cl)c(F)cc1Cl. The number of hydrogen-bond donors (Lipinski definition) is 0. The van der Waals surface area contributed by atoms with E-state index in [4.69, 9.17) is 45.5 Å². The average molecular weight is 375 g/mol. The largest absolute Gasteiger partial charge is 0.262 e. The lowest BCUT2D eigenvalue weighted by atomic mass is 10.1. The normalized spacial score (nSPS) is 11.7. The molecule has 0 spiro atoms. The summed E-state index contributed by atoms with van der Waals surface area (Å²) in [6.07, 6.45) is 1.26. The Balaban J connectivity index is 2.75. The zero-order chi connectivity index (χ0) is 15.1. The molecule has 0 saturated carbocycles. The van der Waals surface area contributed by atoms with Crippen molar-refractivity contribution < 1.29 is 12.8 Å². The Bertz CT molecular complexity index is 795. The average Bonchev–Trinajstić information content (AvgIpc) is 2.28. The summed E-state index contributed by atoms with van der Waals surface area (Å²) in [7, 11) is 1.11. The van der Waals surface area contributed by atoms with E-state index in [0.717, 1.165) is 12.1 Å². The van der Waals surface area contributed by atoms with E-state index >= 15 is 0 Å². The van der Waals surface area contributed by atoms with Gasteiger partial charge in [0.15, 0.2) is 0 Å². The maximum atomic E-state index is 13.9. The predicted octanol–water partition coefficient (Wildman–Crippen LogP) is 4.78. The molecule has 0 radical (unpaired) electrons. The third-order valence-corrected chi connectivity index (χ3v) is 4.63. The van der Waals surface area contributed by atoms with Gasteiger partial charge in [0.05, 0.1) is 20.8 Å². The number of rotatable bonds is 2. The molecule has 2 aromatic rings. The molecule has 9 heteroatoms. The topological polar surface area (TPSA) is 47.0 Å². The van der Waals surface area contributed by atoms with Crippen LogP contribution in [0.3, 0.4) is 0 Å². The van der Waals surface area contributed by atoms with Crippen molar-refractivity contribution in [2.45, 2.75) is 4.90 Å². The molecular formula is C11H4Cl4FNO2S. The number of halogens is 5. The second kappa shape index (κ2) is 5.66. The highest BCUT2D eigenvalue weighted by molar-refractivity contribution is 8.13. The van der Waals surface area contributed by atoms with Crippen LogP contribution in [-0.2, 0) is 9.05 Å². The lowest BCUT2D eigenvalue weighted by molar-refractivity contribution is 0.608. The first kappa shape index (κ1) is 15.8. The first-order valence-corrected chi connectivity index (χ1v) is 8.39. The van der Waals surface area contributed by atoms with Crippen molar-refractivity contribution in [3.8, 4) is 11.3 Å². The summed E-state index contributed by atoms with van der Waals surface area (Å²) in [6, 6.07) is 3.16. The third-order valence-electron chi connectivity index (χ3n) is 2.35. The van der Waals surface area contributed by atoms with Gasteiger partial charge in [-0.15, -0.1) is 0 Å². The van der Waals surface area contributed by atoms with Crippen molar-refractivity contribution in [3.05, 3.63) is 45.3 Å². The van der Waals surface area contributed by atoms with Crippen LogP contribution in [0.15, 0.2) is 29.3 Å². The van der Waals surface area contributed by atoms with Gasteiger partial charge in [-0.2, -0.15) is 0 Å². The molecular weight excluding hydrogens is 371 g/mol. The molecule has 0 fully saturated rings. The minimum atomic E-state index is -4.13. The molecule has 20 heavy (non-hydrogen) atoms. The van der Waals surface area contributed by atoms with E-state index in [1.807, 2.05) is 0 Å². The molecule has 1 aromatic carbocycles. The van der Waals surface area contributed by atoms with Crippen LogP contribution >= 0.6 is 45.5 Å². The van der Waals surface area contributed by atoms with Crippen molar-refractivity contribution in [1.29, 1.82) is 0 Å². The van der Waals surface area contributed by atoms with Gasteiger partial charge >= 0.3 is 0 Å². The van der Waals surface area contributed by atoms with E-state index in [0.29, 0.717) is 0 Å². The first-order chi connectivity index (χ1) is 9.20. The van der Waals surface area contributed by atoms with E-state index in [1.165, 1.54) is 12.3 Å². The predicted molar refractivity (Wildman–Crippen MR) is 77.7 cm³/mol. The van der Waals surface area contributed by atoms with Crippen LogP contribution in [0.5, 0.6) is 0 Å². The van der Waals surface area contributed by atoms with Crippen molar-refractivity contribution in [2.24, 2.45) is 0 Å². The first-order valence-electron chi connectivity index (χ1n) is 4.95. The Labute approximate surface area is 133 Å². The second-order valence-corrected chi connectivity index (χ2v) is 7.47. The highest BCUT2D eigenvalue weighted by Gasteiger charge is 2.21. The summed E-state index contributed by atoms with van der Waals surface area (Å²) in [5.74, 6) is -0.782. The fraction of sp³-hybridized carbons (Fsp3) is 0. The molecule has 106 valence electrons. The van der Waals surface area contributed by atoms with E-state index < -0.39 is 19.8 Å². The van der Waals surface area contributed by atoms with Gasteiger partial charge in [0.2, 0.25) is 0 Å². The minimum absolute atomic E-state index is 0.0341. The zero-order valence-electron chi connectivity index (χ0n) is 9.37. The van der Waals surface area contributed by atoms with E-state index in [-0.39, 0.29) is 26.3 Å². The van der Waals surface area contributed by atoms with Crippen LogP contribution in [0.4, 0.5) is 4.39 Å². The number of benzene rings is 1. The van der Waals surface area contributed by atoms with E-state index in [9.17, 15) is 12.8 Å². The smallest absolute Gasteiger partial charge is 0.253 e. The van der Waals surface area contributed by atoms with Gasteiger partial charge < -0.3 is 0 Å². The van der Waals surface area contributed by atoms with Crippen LogP contribution in [0.1, 0.15) is 0 Å². The van der Waals surface area contributed by atoms with Crippen LogP contribution < -0.4 is 0 Å². The maximum absolute atomic E-state index is 13.9. The lowest BCUT2D eigenvalue weighted by Gasteiger charge is -2.08. The quantitative estimate of drug-likeness (QED) is 0.711. The second-order valence-electron chi connectivity index (χ2n) is 3.68. The molecule has 0 amide bonds. The number of hydrogen-bond acceptors (Lipinski definition) is 3. The zero-order valence-corrected chi connectivity index (χ0v) is 13.2. The van der Waals surface area contributed by atoms with Crippen molar-refractivity contribution in [2.75, 3.05) is 0 Å². The highest BCUT2D eigenvalue weighted by atomic mass is 35.7. The minimum Gasteiger partial charge on any atom is -0.253 e. The van der Waals surface area contributed by atoms with Gasteiger partial charge in [-0.1, -0.05) is 34.8 Å². The number of nitrogens with zero attached hydrogens (tertiary/aromatic N) is 1. The molecule has 0 saturated heterocycles. The van der Waals surface area contributed by atoms with Crippen LogP contribution in [0, 0.1) is 5.82 Å². The van der Waals surface area contributed by atoms with Crippen molar-refractivity contribution in [3.63, 3.8) is 0 Å². The molecule has 3 nitrogen and oxygen atoms in total. The third kappa shape index (κ3) is 3.18. The van der Waals surface area contributed by atoms with Gasteiger partial charge in [-0.3, -0.25) is 4.98 Å². The summed E-state index contributed by atoms with van der Waals surface area (Å²) >= 11 is 17.3.